The van der Waals surface area contributed by atoms with Crippen molar-refractivity contribution in [3.63, 3.8) is 0 Å². The lowest BCUT2D eigenvalue weighted by atomic mass is 10.1. The van der Waals surface area contributed by atoms with Crippen molar-refractivity contribution in [2.24, 2.45) is 0 Å². The van der Waals surface area contributed by atoms with E-state index in [1.54, 1.807) is 24.2 Å². The van der Waals surface area contributed by atoms with E-state index in [9.17, 15) is 14.4 Å². The van der Waals surface area contributed by atoms with Crippen molar-refractivity contribution in [1.82, 2.24) is 0 Å². The predicted molar refractivity (Wildman–Crippen MR) is 58.3 cm³/mol. The van der Waals surface area contributed by atoms with E-state index in [0.717, 1.165) is 6.08 Å². The van der Waals surface area contributed by atoms with Crippen molar-refractivity contribution in [1.29, 1.82) is 0 Å². The molecule has 0 heterocycles. The van der Waals surface area contributed by atoms with E-state index >= 15 is 0 Å². The molecule has 1 aliphatic carbocycles. The third kappa shape index (κ3) is 4.32. The van der Waals surface area contributed by atoms with E-state index in [0.29, 0.717) is 11.3 Å². The lowest BCUT2D eigenvalue weighted by molar-refractivity contribution is -0.153. The van der Waals surface area contributed by atoms with E-state index < -0.39 is 18.5 Å². The van der Waals surface area contributed by atoms with Gasteiger partial charge in [0.1, 0.15) is 11.7 Å². The normalized spacial score (nSPS) is 13.4. The van der Waals surface area contributed by atoms with Crippen LogP contribution in [0.1, 0.15) is 6.42 Å². The Labute approximate surface area is 97.7 Å². The summed E-state index contributed by atoms with van der Waals surface area (Å²) in [4.78, 5) is 32.3. The first kappa shape index (κ1) is 12.7. The fourth-order valence-electron chi connectivity index (χ4n) is 1.08. The Hall–Kier alpha value is -2.39. The second-order valence-electron chi connectivity index (χ2n) is 3.08. The molecule has 0 aromatic rings. The lowest BCUT2D eigenvalue weighted by Gasteiger charge is -2.10. The summed E-state index contributed by atoms with van der Waals surface area (Å²) in [5.74, 6) is 0.610. The van der Waals surface area contributed by atoms with Gasteiger partial charge in [0.05, 0.1) is 0 Å². The maximum atomic E-state index is 11.2. The SMILES string of the molecule is C=CC(=O)OCC(=O)OC1=CC=CC(=C=O)C1. The largest absolute Gasteiger partial charge is 0.451 e. The van der Waals surface area contributed by atoms with Crippen LogP contribution in [-0.2, 0) is 23.9 Å². The van der Waals surface area contributed by atoms with Crippen LogP contribution in [0, 0.1) is 0 Å². The molecule has 0 radical (unpaired) electrons. The molecule has 17 heavy (non-hydrogen) atoms. The topological polar surface area (TPSA) is 69.7 Å². The minimum atomic E-state index is -0.716. The highest BCUT2D eigenvalue weighted by atomic mass is 16.6. The standard InChI is InChI=1S/C12H10O5/c1-2-11(14)16-8-12(15)17-10-5-3-4-9(6-10)7-13/h2-5H,1,6,8H2. The predicted octanol–water partition coefficient (Wildman–Crippen LogP) is 0.861. The first-order valence-electron chi connectivity index (χ1n) is 4.77. The van der Waals surface area contributed by atoms with Gasteiger partial charge >= 0.3 is 11.9 Å². The van der Waals surface area contributed by atoms with Gasteiger partial charge in [-0.2, -0.15) is 0 Å². The highest BCUT2D eigenvalue weighted by molar-refractivity contribution is 5.84. The van der Waals surface area contributed by atoms with E-state index in [4.69, 9.17) is 4.74 Å². The van der Waals surface area contributed by atoms with Crippen molar-refractivity contribution in [3.05, 3.63) is 42.2 Å². The summed E-state index contributed by atoms with van der Waals surface area (Å²) >= 11 is 0. The molecule has 0 N–H and O–H groups in total. The van der Waals surface area contributed by atoms with Crippen molar-refractivity contribution < 1.29 is 23.9 Å². The molecule has 0 bridgehead atoms. The van der Waals surface area contributed by atoms with Gasteiger partial charge in [-0.25, -0.2) is 14.4 Å². The fourth-order valence-corrected chi connectivity index (χ4v) is 1.08. The van der Waals surface area contributed by atoms with Crippen LogP contribution in [0.4, 0.5) is 0 Å². The molecular formula is C12H10O5. The van der Waals surface area contributed by atoms with Gasteiger partial charge < -0.3 is 9.47 Å². The molecule has 0 atom stereocenters. The summed E-state index contributed by atoms with van der Waals surface area (Å²) in [6, 6.07) is 0. The number of carbonyl (C=O) groups excluding carboxylic acids is 3. The van der Waals surface area contributed by atoms with Crippen LogP contribution < -0.4 is 0 Å². The number of allylic oxidation sites excluding steroid dienone is 4. The molecule has 0 unspecified atom stereocenters. The van der Waals surface area contributed by atoms with E-state index in [1.165, 1.54) is 0 Å². The van der Waals surface area contributed by atoms with Gasteiger partial charge in [0.15, 0.2) is 6.61 Å². The zero-order chi connectivity index (χ0) is 12.7. The zero-order valence-electron chi connectivity index (χ0n) is 8.97. The summed E-state index contributed by atoms with van der Waals surface area (Å²) < 4.78 is 9.36. The second-order valence-corrected chi connectivity index (χ2v) is 3.08. The van der Waals surface area contributed by atoms with Gasteiger partial charge in [0, 0.05) is 18.1 Å². The number of hydrogen-bond acceptors (Lipinski definition) is 5. The van der Waals surface area contributed by atoms with Gasteiger partial charge in [-0.1, -0.05) is 12.7 Å². The maximum Gasteiger partial charge on any atom is 0.349 e. The average molecular weight is 234 g/mol. The minimum absolute atomic E-state index is 0.196. The van der Waals surface area contributed by atoms with Crippen molar-refractivity contribution >= 4 is 17.9 Å². The summed E-state index contributed by atoms with van der Waals surface area (Å²) in [6.45, 7) is 2.69. The van der Waals surface area contributed by atoms with Gasteiger partial charge in [-0.05, 0) is 12.2 Å². The van der Waals surface area contributed by atoms with Crippen molar-refractivity contribution in [3.8, 4) is 0 Å². The van der Waals surface area contributed by atoms with E-state index in [1.807, 2.05) is 0 Å². The van der Waals surface area contributed by atoms with Gasteiger partial charge in [-0.15, -0.1) is 0 Å². The second kappa shape index (κ2) is 6.25. The Morgan fingerprint density at radius 2 is 2.29 bits per heavy atom. The third-order valence-corrected chi connectivity index (χ3v) is 1.82. The highest BCUT2D eigenvalue weighted by Gasteiger charge is 2.12. The van der Waals surface area contributed by atoms with E-state index in [2.05, 4.69) is 11.3 Å². The molecule has 5 heteroatoms. The minimum Gasteiger partial charge on any atom is -0.451 e. The van der Waals surface area contributed by atoms with Crippen LogP contribution in [0.5, 0.6) is 0 Å². The maximum absolute atomic E-state index is 11.2. The molecule has 0 aliphatic heterocycles. The summed E-state index contributed by atoms with van der Waals surface area (Å²) in [6.07, 6.45) is 5.84. The molecule has 88 valence electrons. The Morgan fingerprint density at radius 1 is 1.53 bits per heavy atom. The fraction of sp³-hybridized carbons (Fsp3) is 0.167. The number of ether oxygens (including phenoxy) is 2. The van der Waals surface area contributed by atoms with Crippen LogP contribution in [0.15, 0.2) is 42.2 Å². The average Bonchev–Trinajstić information content (AvgIpc) is 2.36. The monoisotopic (exact) mass is 234 g/mol. The molecule has 0 amide bonds. The molecular weight excluding hydrogens is 224 g/mol. The molecule has 1 rings (SSSR count). The molecule has 1 aliphatic rings. The quantitative estimate of drug-likeness (QED) is 0.410. The van der Waals surface area contributed by atoms with Crippen molar-refractivity contribution in [2.45, 2.75) is 6.42 Å². The van der Waals surface area contributed by atoms with Crippen LogP contribution in [0.2, 0.25) is 0 Å². The Bertz CT molecular complexity index is 450. The van der Waals surface area contributed by atoms with Gasteiger partial charge in [-0.3, -0.25) is 0 Å². The Balaban J connectivity index is 2.44. The van der Waals surface area contributed by atoms with Crippen LogP contribution in [-0.4, -0.2) is 24.5 Å². The zero-order valence-corrected chi connectivity index (χ0v) is 8.97. The molecule has 0 fully saturated rings. The highest BCUT2D eigenvalue weighted by Crippen LogP contribution is 2.16. The van der Waals surface area contributed by atoms with Crippen molar-refractivity contribution in [2.75, 3.05) is 6.61 Å². The molecule has 5 nitrogen and oxygen atoms in total. The molecule has 0 aromatic heterocycles. The Morgan fingerprint density at radius 3 is 2.94 bits per heavy atom. The smallest absolute Gasteiger partial charge is 0.349 e. The summed E-state index contributed by atoms with van der Waals surface area (Å²) in [5.41, 5.74) is 0.387. The molecule has 0 saturated heterocycles. The number of esters is 2. The number of hydrogen-bond donors (Lipinski definition) is 0. The first-order valence-corrected chi connectivity index (χ1v) is 4.77. The molecule has 0 spiro atoms. The third-order valence-electron chi connectivity index (χ3n) is 1.82. The molecule has 0 aromatic carbocycles. The summed E-state index contributed by atoms with van der Waals surface area (Å²) in [7, 11) is 0. The van der Waals surface area contributed by atoms with Crippen LogP contribution >= 0.6 is 0 Å². The first-order chi connectivity index (χ1) is 8.15. The lowest BCUT2D eigenvalue weighted by Crippen LogP contribution is -2.15. The molecule has 0 saturated carbocycles. The van der Waals surface area contributed by atoms with Crippen LogP contribution in [0.3, 0.4) is 0 Å². The Kier molecular flexibility index (Phi) is 4.66. The van der Waals surface area contributed by atoms with Gasteiger partial charge in [0.2, 0.25) is 0 Å². The number of rotatable bonds is 4. The number of carbonyl (C=O) groups is 2. The summed E-state index contributed by atoms with van der Waals surface area (Å²) in [5, 5.41) is 0. The van der Waals surface area contributed by atoms with Gasteiger partial charge in [0.25, 0.3) is 0 Å². The van der Waals surface area contributed by atoms with E-state index in [-0.39, 0.29) is 6.42 Å². The van der Waals surface area contributed by atoms with Crippen LogP contribution in [0.25, 0.3) is 0 Å².